The van der Waals surface area contributed by atoms with Gasteiger partial charge in [0.1, 0.15) is 59.9 Å². The summed E-state index contributed by atoms with van der Waals surface area (Å²) in [4.78, 5) is 0. The van der Waals surface area contributed by atoms with E-state index >= 15 is 0 Å². The maximum Gasteiger partial charge on any atom is 0.127 e. The first-order valence-corrected chi connectivity index (χ1v) is 11.8. The Morgan fingerprint density at radius 2 is 1.35 bits per heavy atom. The first-order valence-electron chi connectivity index (χ1n) is 10.4. The van der Waals surface area contributed by atoms with E-state index in [4.69, 9.17) is 28.9 Å². The van der Waals surface area contributed by atoms with Gasteiger partial charge < -0.3 is 22.4 Å². The Kier molecular flexibility index (Phi) is 10.9. The van der Waals surface area contributed by atoms with E-state index in [2.05, 4.69) is 26.0 Å². The molecule has 0 amide bonds. The number of aliphatic hydroxyl groups excluding tert-OH is 1. The van der Waals surface area contributed by atoms with Gasteiger partial charge in [0.15, 0.2) is 0 Å². The second kappa shape index (κ2) is 12.8. The maximum absolute atomic E-state index is 9.52. The second-order valence-electron chi connectivity index (χ2n) is 8.20. The normalized spacial score (nSPS) is 13.8. The van der Waals surface area contributed by atoms with Gasteiger partial charge in [0, 0.05) is 5.41 Å². The standard InChI is InChI=1S/C24H32ClIO5/c1-17(2)28-15-23(31-26)16-30-22-11-7-19(8-12-22)24(3,4)18-5-9-21(10-6-18)29-14-20(27)13-25/h5-12,17,20,23,27H,13-16H2,1-4H3/t20-,23-/m0/s1. The van der Waals surface area contributed by atoms with E-state index in [-0.39, 0.29) is 30.1 Å². The van der Waals surface area contributed by atoms with Gasteiger partial charge in [-0.3, -0.25) is 0 Å². The van der Waals surface area contributed by atoms with E-state index in [1.807, 2.05) is 73.3 Å². The van der Waals surface area contributed by atoms with Crippen LogP contribution in [0.4, 0.5) is 0 Å². The monoisotopic (exact) mass is 562 g/mol. The lowest BCUT2D eigenvalue weighted by Gasteiger charge is -2.26. The zero-order valence-corrected chi connectivity index (χ0v) is 21.4. The molecular weight excluding hydrogens is 531 g/mol. The molecule has 1 N–H and O–H groups in total. The Hall–Kier alpha value is -1.06. The molecule has 2 atom stereocenters. The Morgan fingerprint density at radius 1 is 0.871 bits per heavy atom. The molecule has 0 aliphatic rings. The molecule has 0 spiro atoms. The molecule has 0 radical (unpaired) electrons. The number of alkyl halides is 1. The van der Waals surface area contributed by atoms with Crippen LogP contribution < -0.4 is 9.47 Å². The van der Waals surface area contributed by atoms with Crippen molar-refractivity contribution in [3.63, 3.8) is 0 Å². The van der Waals surface area contributed by atoms with E-state index in [1.165, 1.54) is 5.56 Å². The molecule has 2 aromatic carbocycles. The minimum absolute atomic E-state index is 0.120. The molecule has 0 aromatic heterocycles. The van der Waals surface area contributed by atoms with Crippen LogP contribution in [-0.2, 0) is 13.2 Å². The summed E-state index contributed by atoms with van der Waals surface area (Å²) in [5, 5.41) is 9.52. The van der Waals surface area contributed by atoms with Crippen molar-refractivity contribution >= 4 is 34.6 Å². The minimum Gasteiger partial charge on any atom is -0.491 e. The van der Waals surface area contributed by atoms with Gasteiger partial charge in [-0.15, -0.1) is 11.6 Å². The first kappa shape index (κ1) is 26.2. The van der Waals surface area contributed by atoms with Gasteiger partial charge in [-0.25, -0.2) is 0 Å². The van der Waals surface area contributed by atoms with Crippen LogP contribution in [-0.4, -0.2) is 49.1 Å². The second-order valence-corrected chi connectivity index (χ2v) is 9.01. The maximum atomic E-state index is 9.52. The van der Waals surface area contributed by atoms with Crippen LogP contribution in [0.2, 0.25) is 0 Å². The Balaban J connectivity index is 1.97. The van der Waals surface area contributed by atoms with Crippen LogP contribution in [0.5, 0.6) is 11.5 Å². The Morgan fingerprint density at radius 3 is 1.77 bits per heavy atom. The van der Waals surface area contributed by atoms with E-state index < -0.39 is 6.10 Å². The summed E-state index contributed by atoms with van der Waals surface area (Å²) in [6.07, 6.45) is -0.626. The molecule has 0 saturated heterocycles. The first-order chi connectivity index (χ1) is 14.8. The number of hydrogen-bond donors (Lipinski definition) is 1. The molecule has 0 bridgehead atoms. The number of aliphatic hydroxyl groups is 1. The number of ether oxygens (including phenoxy) is 3. The van der Waals surface area contributed by atoms with Crippen LogP contribution in [0, 0.1) is 0 Å². The fourth-order valence-electron chi connectivity index (χ4n) is 2.93. The quantitative estimate of drug-likeness (QED) is 0.257. The third-order valence-electron chi connectivity index (χ3n) is 4.95. The molecule has 0 aliphatic heterocycles. The zero-order chi connectivity index (χ0) is 22.9. The van der Waals surface area contributed by atoms with Crippen molar-refractivity contribution in [2.45, 2.75) is 51.4 Å². The van der Waals surface area contributed by atoms with E-state index in [0.717, 1.165) is 11.3 Å². The van der Waals surface area contributed by atoms with E-state index in [1.54, 1.807) is 0 Å². The molecule has 2 aromatic rings. The summed E-state index contributed by atoms with van der Waals surface area (Å²) < 4.78 is 22.4. The number of rotatable bonds is 13. The predicted molar refractivity (Wildman–Crippen MR) is 133 cm³/mol. The predicted octanol–water partition coefficient (Wildman–Crippen LogP) is 5.53. The molecule has 0 fully saturated rings. The highest BCUT2D eigenvalue weighted by Crippen LogP contribution is 2.33. The largest absolute Gasteiger partial charge is 0.491 e. The van der Waals surface area contributed by atoms with Gasteiger partial charge >= 0.3 is 0 Å². The van der Waals surface area contributed by atoms with Crippen molar-refractivity contribution in [3.05, 3.63) is 59.7 Å². The fourth-order valence-corrected chi connectivity index (χ4v) is 3.31. The molecule has 0 aliphatic carbocycles. The minimum atomic E-state index is -0.667. The van der Waals surface area contributed by atoms with E-state index in [0.29, 0.717) is 19.0 Å². The molecule has 0 saturated carbocycles. The van der Waals surface area contributed by atoms with Crippen LogP contribution in [0.3, 0.4) is 0 Å². The van der Waals surface area contributed by atoms with Crippen molar-refractivity contribution in [3.8, 4) is 11.5 Å². The lowest BCUT2D eigenvalue weighted by Crippen LogP contribution is -2.26. The van der Waals surface area contributed by atoms with Gasteiger partial charge in [0.05, 0.1) is 18.6 Å². The van der Waals surface area contributed by atoms with Gasteiger partial charge in [-0.2, -0.15) is 0 Å². The number of benzene rings is 2. The third-order valence-corrected chi connectivity index (χ3v) is 6.03. The topological polar surface area (TPSA) is 57.2 Å². The summed E-state index contributed by atoms with van der Waals surface area (Å²) in [6, 6.07) is 16.1. The van der Waals surface area contributed by atoms with Crippen molar-refractivity contribution in [2.75, 3.05) is 25.7 Å². The van der Waals surface area contributed by atoms with Gasteiger partial charge in [-0.1, -0.05) is 38.1 Å². The lowest BCUT2D eigenvalue weighted by atomic mass is 9.78. The molecular formula is C24H32ClIO5. The number of hydrogen-bond acceptors (Lipinski definition) is 5. The molecule has 7 heteroatoms. The summed E-state index contributed by atoms with van der Waals surface area (Å²) in [6.45, 7) is 9.46. The molecule has 0 unspecified atom stereocenters. The molecule has 172 valence electrons. The van der Waals surface area contributed by atoms with E-state index in [9.17, 15) is 5.11 Å². The molecule has 0 heterocycles. The van der Waals surface area contributed by atoms with Crippen molar-refractivity contribution < 1.29 is 22.4 Å². The van der Waals surface area contributed by atoms with Crippen LogP contribution in [0.1, 0.15) is 38.8 Å². The molecule has 31 heavy (non-hydrogen) atoms. The van der Waals surface area contributed by atoms with Crippen LogP contribution in [0.25, 0.3) is 0 Å². The van der Waals surface area contributed by atoms with Gasteiger partial charge in [-0.05, 0) is 49.2 Å². The van der Waals surface area contributed by atoms with Crippen LogP contribution in [0.15, 0.2) is 48.5 Å². The Bertz CT molecular complexity index is 765. The van der Waals surface area contributed by atoms with Crippen molar-refractivity contribution in [2.24, 2.45) is 0 Å². The Labute approximate surface area is 204 Å². The summed E-state index contributed by atoms with van der Waals surface area (Å²) >= 11 is 7.49. The summed E-state index contributed by atoms with van der Waals surface area (Å²) in [7, 11) is 0. The highest BCUT2D eigenvalue weighted by atomic mass is 127. The third kappa shape index (κ3) is 8.42. The molecule has 2 rings (SSSR count). The van der Waals surface area contributed by atoms with Gasteiger partial charge in [0.2, 0.25) is 0 Å². The van der Waals surface area contributed by atoms with Crippen molar-refractivity contribution in [1.82, 2.24) is 0 Å². The number of halogens is 2. The average molecular weight is 563 g/mol. The lowest BCUT2D eigenvalue weighted by molar-refractivity contribution is 0.0146. The SMILES string of the molecule is CC(C)OC[C@@H](COc1ccc(C(C)(C)c2ccc(OC[C@@H](O)CCl)cc2)cc1)OI. The van der Waals surface area contributed by atoms with Crippen LogP contribution >= 0.6 is 34.6 Å². The smallest absolute Gasteiger partial charge is 0.127 e. The highest BCUT2D eigenvalue weighted by Gasteiger charge is 2.23. The fraction of sp³-hybridized carbons (Fsp3) is 0.500. The average Bonchev–Trinajstić information content (AvgIpc) is 2.78. The van der Waals surface area contributed by atoms with Crippen molar-refractivity contribution in [1.29, 1.82) is 0 Å². The summed E-state index contributed by atoms with van der Waals surface area (Å²) in [5.41, 5.74) is 2.15. The summed E-state index contributed by atoms with van der Waals surface area (Å²) in [5.74, 6) is 1.66. The molecule has 5 nitrogen and oxygen atoms in total. The van der Waals surface area contributed by atoms with Gasteiger partial charge in [0.25, 0.3) is 0 Å². The zero-order valence-electron chi connectivity index (χ0n) is 18.5. The highest BCUT2D eigenvalue weighted by molar-refractivity contribution is 14.1.